The van der Waals surface area contributed by atoms with Gasteiger partial charge in [-0.2, -0.15) is 0 Å². The summed E-state index contributed by atoms with van der Waals surface area (Å²) in [6.45, 7) is 0. The molecule has 1 aromatic carbocycles. The second kappa shape index (κ2) is 7.55. The van der Waals surface area contributed by atoms with E-state index in [1.165, 1.54) is 23.1 Å². The van der Waals surface area contributed by atoms with E-state index in [4.69, 9.17) is 0 Å². The van der Waals surface area contributed by atoms with E-state index >= 15 is 0 Å². The van der Waals surface area contributed by atoms with Gasteiger partial charge in [0.1, 0.15) is 5.69 Å². The number of aromatic nitrogens is 2. The molecule has 0 aliphatic heterocycles. The Morgan fingerprint density at radius 1 is 1.29 bits per heavy atom. The molecule has 0 saturated carbocycles. The molecule has 2 heterocycles. The SMILES string of the molecule is O=C(Cc1csc(Cc2ccccc2)n1)Nc1cc(Br)c[nH]c1=O. The van der Waals surface area contributed by atoms with Crippen LogP contribution in [0.2, 0.25) is 0 Å². The van der Waals surface area contributed by atoms with Crippen LogP contribution in [-0.2, 0) is 17.6 Å². The Hall–Kier alpha value is -2.25. The van der Waals surface area contributed by atoms with Crippen LogP contribution in [0, 0.1) is 0 Å². The zero-order valence-electron chi connectivity index (χ0n) is 12.6. The molecule has 0 aliphatic rings. The van der Waals surface area contributed by atoms with Gasteiger partial charge in [0.15, 0.2) is 0 Å². The maximum atomic E-state index is 12.1. The van der Waals surface area contributed by atoms with Crippen LogP contribution in [0.15, 0.2) is 57.2 Å². The summed E-state index contributed by atoms with van der Waals surface area (Å²) in [6.07, 6.45) is 2.41. The van der Waals surface area contributed by atoms with Crippen molar-refractivity contribution in [2.24, 2.45) is 0 Å². The average molecular weight is 404 g/mol. The van der Waals surface area contributed by atoms with E-state index in [0.29, 0.717) is 10.2 Å². The summed E-state index contributed by atoms with van der Waals surface area (Å²) in [5, 5.41) is 5.45. The van der Waals surface area contributed by atoms with Gasteiger partial charge < -0.3 is 10.3 Å². The Balaban J connectivity index is 1.63. The molecule has 122 valence electrons. The van der Waals surface area contributed by atoms with Crippen LogP contribution in [0.1, 0.15) is 16.3 Å². The molecule has 0 bridgehead atoms. The van der Waals surface area contributed by atoms with Crippen LogP contribution in [0.25, 0.3) is 0 Å². The Morgan fingerprint density at radius 2 is 2.08 bits per heavy atom. The van der Waals surface area contributed by atoms with Gasteiger partial charge in [-0.15, -0.1) is 11.3 Å². The maximum Gasteiger partial charge on any atom is 0.271 e. The highest BCUT2D eigenvalue weighted by molar-refractivity contribution is 9.10. The fourth-order valence-corrected chi connectivity index (χ4v) is 3.36. The molecular weight excluding hydrogens is 390 g/mol. The largest absolute Gasteiger partial charge is 0.326 e. The van der Waals surface area contributed by atoms with Crippen LogP contribution < -0.4 is 10.9 Å². The van der Waals surface area contributed by atoms with Crippen molar-refractivity contribution in [1.82, 2.24) is 9.97 Å². The molecule has 0 saturated heterocycles. The molecule has 3 aromatic rings. The number of anilines is 1. The van der Waals surface area contributed by atoms with Gasteiger partial charge >= 0.3 is 0 Å². The Labute approximate surface area is 150 Å². The topological polar surface area (TPSA) is 74.8 Å². The number of carbonyl (C=O) groups is 1. The molecule has 0 spiro atoms. The monoisotopic (exact) mass is 403 g/mol. The molecule has 5 nitrogen and oxygen atoms in total. The highest BCUT2D eigenvalue weighted by atomic mass is 79.9. The number of halogens is 1. The van der Waals surface area contributed by atoms with Gasteiger partial charge in [-0.25, -0.2) is 4.98 Å². The minimum atomic E-state index is -0.338. The summed E-state index contributed by atoms with van der Waals surface area (Å²) < 4.78 is 0.691. The predicted molar refractivity (Wildman–Crippen MR) is 98.5 cm³/mol. The quantitative estimate of drug-likeness (QED) is 0.685. The second-order valence-electron chi connectivity index (χ2n) is 5.18. The number of thiazole rings is 1. The van der Waals surface area contributed by atoms with Gasteiger partial charge in [-0.3, -0.25) is 9.59 Å². The van der Waals surface area contributed by atoms with E-state index in [1.54, 1.807) is 6.07 Å². The van der Waals surface area contributed by atoms with Crippen molar-refractivity contribution in [3.63, 3.8) is 0 Å². The third-order valence-corrected chi connectivity index (χ3v) is 4.64. The number of benzene rings is 1. The molecule has 7 heteroatoms. The van der Waals surface area contributed by atoms with Gasteiger partial charge in [0.05, 0.1) is 17.1 Å². The summed E-state index contributed by atoms with van der Waals surface area (Å²) in [5.74, 6) is -0.268. The molecular formula is C17H14BrN3O2S. The summed E-state index contributed by atoms with van der Waals surface area (Å²) in [5.41, 5.74) is 1.77. The molecule has 24 heavy (non-hydrogen) atoms. The van der Waals surface area contributed by atoms with E-state index in [2.05, 4.69) is 31.2 Å². The standard InChI is InChI=1S/C17H14BrN3O2S/c18-12-7-14(17(23)19-9-12)21-15(22)8-13-10-24-16(20-13)6-11-4-2-1-3-5-11/h1-5,7,9-10H,6,8H2,(H,19,23)(H,21,22). The molecule has 2 N–H and O–H groups in total. The van der Waals surface area contributed by atoms with E-state index < -0.39 is 0 Å². The number of hydrogen-bond donors (Lipinski definition) is 2. The molecule has 0 unspecified atom stereocenters. The lowest BCUT2D eigenvalue weighted by Gasteiger charge is -2.03. The number of nitrogens with one attached hydrogen (secondary N) is 2. The highest BCUT2D eigenvalue weighted by Gasteiger charge is 2.10. The lowest BCUT2D eigenvalue weighted by molar-refractivity contribution is -0.115. The number of carbonyl (C=O) groups excluding carboxylic acids is 1. The number of H-pyrrole nitrogens is 1. The van der Waals surface area contributed by atoms with Crippen molar-refractivity contribution in [1.29, 1.82) is 0 Å². The van der Waals surface area contributed by atoms with Gasteiger partial charge in [0, 0.05) is 22.5 Å². The van der Waals surface area contributed by atoms with Crippen LogP contribution >= 0.6 is 27.3 Å². The van der Waals surface area contributed by atoms with Crippen LogP contribution in [0.3, 0.4) is 0 Å². The van der Waals surface area contributed by atoms with E-state index in [9.17, 15) is 9.59 Å². The fraction of sp³-hybridized carbons (Fsp3) is 0.118. The number of rotatable bonds is 5. The Kier molecular flexibility index (Phi) is 5.22. The lowest BCUT2D eigenvalue weighted by Crippen LogP contribution is -2.21. The normalized spacial score (nSPS) is 10.5. The summed E-state index contributed by atoms with van der Waals surface area (Å²) in [4.78, 5) is 30.8. The van der Waals surface area contributed by atoms with Crippen molar-refractivity contribution < 1.29 is 4.79 Å². The Morgan fingerprint density at radius 3 is 2.88 bits per heavy atom. The van der Waals surface area contributed by atoms with E-state index in [-0.39, 0.29) is 23.6 Å². The average Bonchev–Trinajstić information content (AvgIpc) is 2.98. The third kappa shape index (κ3) is 4.39. The molecule has 0 atom stereocenters. The minimum absolute atomic E-state index is 0.136. The molecule has 2 aromatic heterocycles. The summed E-state index contributed by atoms with van der Waals surface area (Å²) in [7, 11) is 0. The highest BCUT2D eigenvalue weighted by Crippen LogP contribution is 2.16. The number of hydrogen-bond acceptors (Lipinski definition) is 4. The smallest absolute Gasteiger partial charge is 0.271 e. The van der Waals surface area contributed by atoms with Gasteiger partial charge in [-0.05, 0) is 27.6 Å². The van der Waals surface area contributed by atoms with Crippen molar-refractivity contribution in [2.45, 2.75) is 12.8 Å². The van der Waals surface area contributed by atoms with Crippen LogP contribution in [0.5, 0.6) is 0 Å². The predicted octanol–water partition coefficient (Wildman–Crippen LogP) is 3.37. The van der Waals surface area contributed by atoms with Gasteiger partial charge in [0.25, 0.3) is 5.56 Å². The van der Waals surface area contributed by atoms with Crippen LogP contribution in [-0.4, -0.2) is 15.9 Å². The first kappa shape index (κ1) is 16.6. The first-order chi connectivity index (χ1) is 11.6. The zero-order chi connectivity index (χ0) is 16.9. The summed E-state index contributed by atoms with van der Waals surface area (Å²) >= 11 is 4.79. The van der Waals surface area contributed by atoms with Crippen molar-refractivity contribution in [2.75, 3.05) is 5.32 Å². The Bertz CT molecular complexity index is 905. The molecule has 1 amide bonds. The number of pyridine rings is 1. The van der Waals surface area contributed by atoms with Crippen molar-refractivity contribution in [3.05, 3.63) is 79.1 Å². The first-order valence-electron chi connectivity index (χ1n) is 7.25. The van der Waals surface area contributed by atoms with E-state index in [1.807, 2.05) is 35.7 Å². The number of aromatic amines is 1. The first-order valence-corrected chi connectivity index (χ1v) is 8.93. The third-order valence-electron chi connectivity index (χ3n) is 3.28. The van der Waals surface area contributed by atoms with Gasteiger partial charge in [-0.1, -0.05) is 30.3 Å². The maximum absolute atomic E-state index is 12.1. The van der Waals surface area contributed by atoms with E-state index in [0.717, 1.165) is 11.4 Å². The molecule has 0 fully saturated rings. The number of nitrogens with zero attached hydrogens (tertiary/aromatic N) is 1. The minimum Gasteiger partial charge on any atom is -0.326 e. The summed E-state index contributed by atoms with van der Waals surface area (Å²) in [6, 6.07) is 11.6. The van der Waals surface area contributed by atoms with Crippen molar-refractivity contribution >= 4 is 38.9 Å². The molecule has 0 radical (unpaired) electrons. The van der Waals surface area contributed by atoms with Crippen LogP contribution in [0.4, 0.5) is 5.69 Å². The van der Waals surface area contributed by atoms with Gasteiger partial charge in [0.2, 0.25) is 5.91 Å². The van der Waals surface area contributed by atoms with Crippen molar-refractivity contribution in [3.8, 4) is 0 Å². The second-order valence-corrected chi connectivity index (χ2v) is 7.04. The zero-order valence-corrected chi connectivity index (χ0v) is 15.0. The fourth-order valence-electron chi connectivity index (χ4n) is 2.19. The number of amides is 1. The lowest BCUT2D eigenvalue weighted by atomic mass is 10.2. The molecule has 0 aliphatic carbocycles. The molecule has 3 rings (SSSR count).